The van der Waals surface area contributed by atoms with E-state index in [1.165, 1.54) is 7.11 Å². The number of nitrogens with zero attached hydrogens (tertiary/aromatic N) is 4. The van der Waals surface area contributed by atoms with Gasteiger partial charge in [-0.1, -0.05) is 41.9 Å². The van der Waals surface area contributed by atoms with Crippen LogP contribution in [0.5, 0.6) is 5.75 Å². The largest absolute Gasteiger partial charge is 0.475 e. The van der Waals surface area contributed by atoms with Crippen molar-refractivity contribution < 1.29 is 14.3 Å². The van der Waals surface area contributed by atoms with Crippen molar-refractivity contribution in [2.45, 2.75) is 12.8 Å². The van der Waals surface area contributed by atoms with E-state index < -0.39 is 12.1 Å². The summed E-state index contributed by atoms with van der Waals surface area (Å²) < 4.78 is 15.0. The smallest absolute Gasteiger partial charge is 0.348 e. The third-order valence-corrected chi connectivity index (χ3v) is 6.23. The summed E-state index contributed by atoms with van der Waals surface area (Å²) in [5.41, 5.74) is 2.64. The van der Waals surface area contributed by atoms with Crippen LogP contribution >= 0.6 is 23.8 Å². The molecule has 4 aromatic rings. The lowest BCUT2D eigenvalue weighted by molar-refractivity contribution is -0.148. The molecule has 0 saturated heterocycles. The number of halogens is 1. The fraction of sp³-hybridized carbons (Fsp3) is 0.160. The van der Waals surface area contributed by atoms with E-state index in [4.69, 9.17) is 38.4 Å². The minimum absolute atomic E-state index is 0.305. The maximum atomic E-state index is 12.3. The molecule has 172 valence electrons. The van der Waals surface area contributed by atoms with Crippen LogP contribution in [0.3, 0.4) is 0 Å². The molecule has 0 saturated carbocycles. The molecule has 9 heteroatoms. The molecule has 0 bridgehead atoms. The second-order valence-electron chi connectivity index (χ2n) is 7.74. The van der Waals surface area contributed by atoms with Crippen LogP contribution < -0.4 is 9.64 Å². The van der Waals surface area contributed by atoms with Gasteiger partial charge < -0.3 is 14.4 Å². The number of esters is 1. The van der Waals surface area contributed by atoms with Gasteiger partial charge in [0.2, 0.25) is 10.9 Å². The number of hydrogen-bond acceptors (Lipinski definition) is 6. The van der Waals surface area contributed by atoms with Crippen molar-refractivity contribution in [2.24, 2.45) is 0 Å². The summed E-state index contributed by atoms with van der Waals surface area (Å²) in [5.74, 6) is 0.870. The van der Waals surface area contributed by atoms with Crippen LogP contribution in [0.4, 0.5) is 5.69 Å². The summed E-state index contributed by atoms with van der Waals surface area (Å²) in [5, 5.41) is 5.52. The normalized spacial score (nSPS) is 14.9. The Balaban J connectivity index is 1.59. The lowest BCUT2D eigenvalue weighted by Crippen LogP contribution is -2.45. The highest BCUT2D eigenvalue weighted by molar-refractivity contribution is 7.71. The van der Waals surface area contributed by atoms with E-state index in [2.05, 4.69) is 0 Å². The monoisotopic (exact) mass is 492 g/mol. The van der Waals surface area contributed by atoms with Gasteiger partial charge in [-0.05, 0) is 60.7 Å². The Morgan fingerprint density at radius 1 is 1.09 bits per heavy atom. The maximum Gasteiger partial charge on any atom is 0.348 e. The van der Waals surface area contributed by atoms with Gasteiger partial charge in [-0.2, -0.15) is 0 Å². The van der Waals surface area contributed by atoms with E-state index in [1.54, 1.807) is 4.68 Å². The van der Waals surface area contributed by atoms with Gasteiger partial charge in [-0.15, -0.1) is 5.10 Å². The highest BCUT2D eigenvalue weighted by Gasteiger charge is 2.32. The molecule has 5 rings (SSSR count). The number of rotatable bonds is 5. The number of methoxy groups -OCH3 is 1. The molecule has 0 aliphatic carbocycles. The lowest BCUT2D eigenvalue weighted by atomic mass is 10.2. The Morgan fingerprint density at radius 3 is 2.53 bits per heavy atom. The third-order valence-electron chi connectivity index (χ3n) is 5.59. The fourth-order valence-electron chi connectivity index (χ4n) is 3.95. The van der Waals surface area contributed by atoms with Crippen molar-refractivity contribution in [3.63, 3.8) is 0 Å². The van der Waals surface area contributed by atoms with Crippen LogP contribution in [0, 0.1) is 4.77 Å². The molecule has 34 heavy (non-hydrogen) atoms. The van der Waals surface area contributed by atoms with Crippen LogP contribution in [0.2, 0.25) is 5.02 Å². The number of fused-ring (bicyclic) bond motifs is 1. The van der Waals surface area contributed by atoms with Gasteiger partial charge in [0.15, 0.2) is 5.82 Å². The Bertz CT molecular complexity index is 1390. The number of carbonyl (C=O) groups is 1. The molecule has 0 amide bonds. The van der Waals surface area contributed by atoms with Crippen molar-refractivity contribution in [3.05, 3.63) is 88.7 Å². The average Bonchev–Trinajstić information content (AvgIpc) is 3.20. The summed E-state index contributed by atoms with van der Waals surface area (Å²) in [4.78, 5) is 14.3. The molecule has 0 fully saturated rings. The summed E-state index contributed by atoms with van der Waals surface area (Å²) in [6.07, 6.45) is -0.749. The number of ether oxygens (including phenoxy) is 2. The molecular weight excluding hydrogens is 472 g/mol. The minimum atomic E-state index is -0.749. The Hall–Kier alpha value is -3.62. The van der Waals surface area contributed by atoms with Crippen LogP contribution in [-0.4, -0.2) is 40.1 Å². The Morgan fingerprint density at radius 2 is 1.79 bits per heavy atom. The second kappa shape index (κ2) is 9.32. The first kappa shape index (κ1) is 22.2. The molecule has 1 aromatic heterocycles. The van der Waals surface area contributed by atoms with E-state index in [1.807, 2.05) is 88.3 Å². The first-order valence-corrected chi connectivity index (χ1v) is 11.4. The van der Waals surface area contributed by atoms with Crippen LogP contribution in [0.15, 0.2) is 78.9 Å². The topological polar surface area (TPSA) is 61.5 Å². The predicted octanol–water partition coefficient (Wildman–Crippen LogP) is 5.12. The summed E-state index contributed by atoms with van der Waals surface area (Å²) in [6, 6.07) is 24.9. The van der Waals surface area contributed by atoms with E-state index in [0.29, 0.717) is 34.6 Å². The molecule has 1 unspecified atom stereocenters. The summed E-state index contributed by atoms with van der Waals surface area (Å²) in [6.45, 7) is 0.632. The first-order valence-electron chi connectivity index (χ1n) is 10.6. The quantitative estimate of drug-likeness (QED) is 0.284. The summed E-state index contributed by atoms with van der Waals surface area (Å²) in [7, 11) is 1.35. The second-order valence-corrected chi connectivity index (χ2v) is 8.55. The van der Waals surface area contributed by atoms with Gasteiger partial charge >= 0.3 is 5.97 Å². The Kier molecular flexibility index (Phi) is 6.08. The molecular formula is C25H21ClN4O3S. The van der Waals surface area contributed by atoms with Crippen LogP contribution in [0.1, 0.15) is 0 Å². The molecule has 0 N–H and O–H groups in total. The SMILES string of the molecule is COC(=O)C1CN(Cn2nc(-c3ccc(Cl)cc3)n(-c3ccccc3)c2=S)c2ccccc2O1. The zero-order valence-electron chi connectivity index (χ0n) is 18.3. The molecule has 1 atom stereocenters. The highest BCUT2D eigenvalue weighted by Crippen LogP contribution is 2.34. The van der Waals surface area contributed by atoms with Gasteiger partial charge in [-0.25, -0.2) is 9.48 Å². The molecule has 1 aliphatic heterocycles. The van der Waals surface area contributed by atoms with E-state index in [0.717, 1.165) is 16.9 Å². The zero-order valence-corrected chi connectivity index (χ0v) is 19.9. The maximum absolute atomic E-state index is 12.3. The first-order chi connectivity index (χ1) is 16.5. The van der Waals surface area contributed by atoms with Crippen LogP contribution in [-0.2, 0) is 16.2 Å². The van der Waals surface area contributed by atoms with Gasteiger partial charge in [0.05, 0.1) is 19.3 Å². The molecule has 2 heterocycles. The number of benzene rings is 3. The molecule has 7 nitrogen and oxygen atoms in total. The van der Waals surface area contributed by atoms with Gasteiger partial charge in [0.25, 0.3) is 0 Å². The highest BCUT2D eigenvalue weighted by atomic mass is 35.5. The van der Waals surface area contributed by atoms with Crippen molar-refractivity contribution in [2.75, 3.05) is 18.6 Å². The average molecular weight is 493 g/mol. The fourth-order valence-corrected chi connectivity index (χ4v) is 4.37. The van der Waals surface area contributed by atoms with E-state index in [-0.39, 0.29) is 0 Å². The van der Waals surface area contributed by atoms with Crippen molar-refractivity contribution in [1.29, 1.82) is 0 Å². The van der Waals surface area contributed by atoms with Crippen molar-refractivity contribution >= 4 is 35.5 Å². The predicted molar refractivity (Wildman–Crippen MR) is 133 cm³/mol. The molecule has 0 spiro atoms. The van der Waals surface area contributed by atoms with Crippen molar-refractivity contribution in [1.82, 2.24) is 14.3 Å². The number of para-hydroxylation sites is 3. The number of carbonyl (C=O) groups excluding carboxylic acids is 1. The van der Waals surface area contributed by atoms with Gasteiger partial charge in [-0.3, -0.25) is 4.57 Å². The standard InChI is InChI=1S/C25H21ClN4O3S/c1-32-24(31)22-15-28(20-9-5-6-10-21(20)33-22)16-29-25(34)30(19-7-3-2-4-8-19)23(27-29)17-11-13-18(26)14-12-17/h2-14,22H,15-16H2,1H3. The third kappa shape index (κ3) is 4.18. The minimum Gasteiger partial charge on any atom is -0.475 e. The number of hydrogen-bond donors (Lipinski definition) is 0. The van der Waals surface area contributed by atoms with Crippen LogP contribution in [0.25, 0.3) is 17.1 Å². The van der Waals surface area contributed by atoms with Gasteiger partial charge in [0.1, 0.15) is 12.4 Å². The molecule has 0 radical (unpaired) electrons. The lowest BCUT2D eigenvalue weighted by Gasteiger charge is -2.34. The molecule has 1 aliphatic rings. The Labute approximate surface area is 206 Å². The summed E-state index contributed by atoms with van der Waals surface area (Å²) >= 11 is 12.0. The zero-order chi connectivity index (χ0) is 23.7. The van der Waals surface area contributed by atoms with Gasteiger partial charge in [0, 0.05) is 16.3 Å². The van der Waals surface area contributed by atoms with Crippen molar-refractivity contribution in [3.8, 4) is 22.8 Å². The van der Waals surface area contributed by atoms with E-state index in [9.17, 15) is 4.79 Å². The number of anilines is 1. The van der Waals surface area contributed by atoms with E-state index >= 15 is 0 Å². The number of aromatic nitrogens is 3. The molecule has 3 aromatic carbocycles.